The summed E-state index contributed by atoms with van der Waals surface area (Å²) in [6.45, 7) is 2.06. The van der Waals surface area contributed by atoms with E-state index in [0.717, 1.165) is 11.4 Å². The summed E-state index contributed by atoms with van der Waals surface area (Å²) in [7, 11) is 1.90. The molecule has 3 aromatic rings. The van der Waals surface area contributed by atoms with Crippen molar-refractivity contribution >= 4 is 46.3 Å². The molecule has 0 aliphatic heterocycles. The number of thioether (sulfide) groups is 1. The summed E-state index contributed by atoms with van der Waals surface area (Å²) in [4.78, 5) is 13.3. The van der Waals surface area contributed by atoms with Gasteiger partial charge in [0.05, 0.1) is 5.75 Å². The van der Waals surface area contributed by atoms with E-state index in [1.54, 1.807) is 35.6 Å². The minimum Gasteiger partial charge on any atom is -0.325 e. The molecule has 0 radical (unpaired) electrons. The van der Waals surface area contributed by atoms with Crippen LogP contribution in [-0.2, 0) is 11.8 Å². The fraction of sp³-hybridized carbons (Fsp3) is 0.188. The van der Waals surface area contributed by atoms with Crippen LogP contribution in [0.5, 0.6) is 0 Å². The Bertz CT molecular complexity index is 875. The minimum absolute atomic E-state index is 0.113. The molecule has 124 valence electrons. The summed E-state index contributed by atoms with van der Waals surface area (Å²) in [6, 6.07) is 9.15. The lowest BCUT2D eigenvalue weighted by Crippen LogP contribution is -2.14. The van der Waals surface area contributed by atoms with Gasteiger partial charge in [-0.2, -0.15) is 0 Å². The third-order valence-electron chi connectivity index (χ3n) is 3.26. The number of nitrogens with zero attached hydrogens (tertiary/aromatic N) is 3. The van der Waals surface area contributed by atoms with Crippen LogP contribution in [-0.4, -0.2) is 26.4 Å². The van der Waals surface area contributed by atoms with Crippen molar-refractivity contribution in [1.82, 2.24) is 14.8 Å². The number of thiophene rings is 1. The molecule has 0 fully saturated rings. The number of aryl methyl sites for hydroxylation is 1. The van der Waals surface area contributed by atoms with Crippen molar-refractivity contribution in [2.75, 3.05) is 11.1 Å². The van der Waals surface area contributed by atoms with Gasteiger partial charge >= 0.3 is 0 Å². The summed E-state index contributed by atoms with van der Waals surface area (Å²) in [5, 5.41) is 14.6. The number of hydrogen-bond acceptors (Lipinski definition) is 5. The summed E-state index contributed by atoms with van der Waals surface area (Å²) >= 11 is 8.93. The van der Waals surface area contributed by atoms with E-state index in [9.17, 15) is 4.79 Å². The molecule has 1 N–H and O–H groups in total. The van der Waals surface area contributed by atoms with Crippen LogP contribution in [0, 0.1) is 6.92 Å². The highest BCUT2D eigenvalue weighted by Crippen LogP contribution is 2.26. The molecule has 0 bridgehead atoms. The molecule has 24 heavy (non-hydrogen) atoms. The molecule has 0 atom stereocenters. The van der Waals surface area contributed by atoms with Crippen molar-refractivity contribution in [2.24, 2.45) is 7.05 Å². The Morgan fingerprint density at radius 1 is 1.38 bits per heavy atom. The average molecular weight is 379 g/mol. The molecule has 3 rings (SSSR count). The number of rotatable bonds is 5. The van der Waals surface area contributed by atoms with Crippen molar-refractivity contribution in [1.29, 1.82) is 0 Å². The molecule has 1 amide bonds. The van der Waals surface area contributed by atoms with Crippen molar-refractivity contribution in [3.63, 3.8) is 0 Å². The van der Waals surface area contributed by atoms with Gasteiger partial charge in [0.15, 0.2) is 11.0 Å². The standard InChI is InChI=1S/C16H15ClN4OS2/c1-10-6-11(8-23-10)15-19-20-16(21(15)2)24-9-14(22)18-13-5-3-4-12(17)7-13/h3-8H,9H2,1-2H3,(H,18,22). The van der Waals surface area contributed by atoms with Crippen molar-refractivity contribution in [3.05, 3.63) is 45.6 Å². The number of carbonyl (C=O) groups is 1. The second-order valence-corrected chi connectivity index (χ2v) is 7.65. The number of aromatic nitrogens is 3. The number of hydrogen-bond donors (Lipinski definition) is 1. The first kappa shape index (κ1) is 17.0. The first-order chi connectivity index (χ1) is 11.5. The number of benzene rings is 1. The summed E-state index contributed by atoms with van der Waals surface area (Å²) in [5.74, 6) is 0.941. The number of halogens is 1. The van der Waals surface area contributed by atoms with Crippen molar-refractivity contribution in [2.45, 2.75) is 12.1 Å². The van der Waals surface area contributed by atoms with Gasteiger partial charge in [-0.15, -0.1) is 21.5 Å². The fourth-order valence-corrected chi connectivity index (χ4v) is 3.73. The van der Waals surface area contributed by atoms with Gasteiger partial charge in [-0.25, -0.2) is 0 Å². The van der Waals surface area contributed by atoms with Crippen LogP contribution in [0.15, 0.2) is 40.9 Å². The zero-order valence-electron chi connectivity index (χ0n) is 13.1. The summed E-state index contributed by atoms with van der Waals surface area (Å²) < 4.78 is 1.90. The molecule has 0 spiro atoms. The van der Waals surface area contributed by atoms with Crippen molar-refractivity contribution in [3.8, 4) is 11.4 Å². The Balaban J connectivity index is 1.63. The van der Waals surface area contributed by atoms with Crippen LogP contribution in [0.4, 0.5) is 5.69 Å². The maximum Gasteiger partial charge on any atom is 0.234 e. The minimum atomic E-state index is -0.113. The average Bonchev–Trinajstić information content (AvgIpc) is 3.11. The van der Waals surface area contributed by atoms with Crippen LogP contribution in [0.3, 0.4) is 0 Å². The SMILES string of the molecule is Cc1cc(-c2nnc(SCC(=O)Nc3cccc(Cl)c3)n2C)cs1. The first-order valence-electron chi connectivity index (χ1n) is 7.16. The van der Waals surface area contributed by atoms with Gasteiger partial charge in [-0.3, -0.25) is 4.79 Å². The Hall–Kier alpha value is -1.83. The van der Waals surface area contributed by atoms with Crippen LogP contribution >= 0.6 is 34.7 Å². The van der Waals surface area contributed by atoms with E-state index >= 15 is 0 Å². The smallest absolute Gasteiger partial charge is 0.234 e. The lowest BCUT2D eigenvalue weighted by atomic mass is 10.3. The Morgan fingerprint density at radius 2 is 2.21 bits per heavy atom. The van der Waals surface area contributed by atoms with Gasteiger partial charge in [-0.1, -0.05) is 29.4 Å². The van der Waals surface area contributed by atoms with Gasteiger partial charge in [0.2, 0.25) is 5.91 Å². The van der Waals surface area contributed by atoms with E-state index in [0.29, 0.717) is 15.9 Å². The fourth-order valence-electron chi connectivity index (χ4n) is 2.15. The molecule has 0 aliphatic rings. The maximum absolute atomic E-state index is 12.1. The molecule has 1 aromatic carbocycles. The van der Waals surface area contributed by atoms with E-state index in [1.807, 2.05) is 11.6 Å². The molecule has 0 unspecified atom stereocenters. The predicted octanol–water partition coefficient (Wildman–Crippen LogP) is 4.24. The number of anilines is 1. The van der Waals surface area contributed by atoms with E-state index in [-0.39, 0.29) is 11.7 Å². The maximum atomic E-state index is 12.1. The molecule has 2 heterocycles. The molecule has 0 saturated heterocycles. The highest BCUT2D eigenvalue weighted by atomic mass is 35.5. The largest absolute Gasteiger partial charge is 0.325 e. The van der Waals surface area contributed by atoms with Gasteiger partial charge < -0.3 is 9.88 Å². The quantitative estimate of drug-likeness (QED) is 0.675. The Kier molecular flexibility index (Phi) is 5.23. The van der Waals surface area contributed by atoms with Gasteiger partial charge in [-0.05, 0) is 31.2 Å². The molecular weight excluding hydrogens is 364 g/mol. The molecule has 0 saturated carbocycles. The lowest BCUT2D eigenvalue weighted by molar-refractivity contribution is -0.113. The van der Waals surface area contributed by atoms with E-state index in [1.165, 1.54) is 16.6 Å². The predicted molar refractivity (Wildman–Crippen MR) is 99.9 cm³/mol. The third kappa shape index (κ3) is 3.98. The van der Waals surface area contributed by atoms with E-state index in [2.05, 4.69) is 33.9 Å². The van der Waals surface area contributed by atoms with Crippen molar-refractivity contribution < 1.29 is 4.79 Å². The van der Waals surface area contributed by atoms with Gasteiger partial charge in [0.1, 0.15) is 0 Å². The Labute approximate surface area is 153 Å². The van der Waals surface area contributed by atoms with Gasteiger partial charge in [0, 0.05) is 33.6 Å². The molecule has 5 nitrogen and oxygen atoms in total. The topological polar surface area (TPSA) is 59.8 Å². The van der Waals surface area contributed by atoms with Crippen LogP contribution in [0.25, 0.3) is 11.4 Å². The second-order valence-electron chi connectivity index (χ2n) is 5.16. The normalized spacial score (nSPS) is 10.8. The lowest BCUT2D eigenvalue weighted by Gasteiger charge is -2.05. The third-order valence-corrected chi connectivity index (χ3v) is 5.38. The van der Waals surface area contributed by atoms with Crippen LogP contribution in [0.1, 0.15) is 4.88 Å². The van der Waals surface area contributed by atoms with E-state index in [4.69, 9.17) is 11.6 Å². The van der Waals surface area contributed by atoms with Crippen LogP contribution < -0.4 is 5.32 Å². The Morgan fingerprint density at radius 3 is 2.92 bits per heavy atom. The highest BCUT2D eigenvalue weighted by molar-refractivity contribution is 7.99. The zero-order chi connectivity index (χ0) is 17.1. The molecule has 2 aromatic heterocycles. The number of nitrogens with one attached hydrogen (secondary N) is 1. The molecule has 8 heteroatoms. The van der Waals surface area contributed by atoms with Crippen LogP contribution in [0.2, 0.25) is 5.02 Å². The molecular formula is C16H15ClN4OS2. The second kappa shape index (κ2) is 7.38. The number of amides is 1. The monoisotopic (exact) mass is 378 g/mol. The summed E-state index contributed by atoms with van der Waals surface area (Å²) in [6.07, 6.45) is 0. The first-order valence-corrected chi connectivity index (χ1v) is 9.40. The highest BCUT2D eigenvalue weighted by Gasteiger charge is 2.14. The number of carbonyl (C=O) groups excluding carboxylic acids is 1. The van der Waals surface area contributed by atoms with E-state index < -0.39 is 0 Å². The van der Waals surface area contributed by atoms with Gasteiger partial charge in [0.25, 0.3) is 0 Å². The summed E-state index contributed by atoms with van der Waals surface area (Å²) in [5.41, 5.74) is 1.73. The zero-order valence-corrected chi connectivity index (χ0v) is 15.5. The molecule has 0 aliphatic carbocycles.